The minimum atomic E-state index is -0.386. The van der Waals surface area contributed by atoms with E-state index in [9.17, 15) is 9.59 Å². The summed E-state index contributed by atoms with van der Waals surface area (Å²) in [7, 11) is 0. The van der Waals surface area contributed by atoms with Crippen molar-refractivity contribution in [3.05, 3.63) is 0 Å². The monoisotopic (exact) mass is 278 g/mol. The second-order valence-electron chi connectivity index (χ2n) is 7.14. The molecule has 4 nitrogen and oxygen atoms in total. The number of fused-ring (bicyclic) bond motifs is 1. The molecule has 2 amide bonds. The van der Waals surface area contributed by atoms with Gasteiger partial charge in [0.2, 0.25) is 11.8 Å². The molecular formula is C16H26N2O2. The van der Waals surface area contributed by atoms with Gasteiger partial charge in [0.25, 0.3) is 0 Å². The van der Waals surface area contributed by atoms with E-state index in [-0.39, 0.29) is 29.2 Å². The molecule has 1 saturated heterocycles. The van der Waals surface area contributed by atoms with E-state index in [2.05, 4.69) is 6.92 Å². The lowest BCUT2D eigenvalue weighted by Gasteiger charge is -2.45. The van der Waals surface area contributed by atoms with Crippen LogP contribution in [0.3, 0.4) is 0 Å². The molecule has 2 saturated carbocycles. The second-order valence-corrected chi connectivity index (χ2v) is 7.14. The number of hydrogen-bond donors (Lipinski definition) is 1. The van der Waals surface area contributed by atoms with Crippen molar-refractivity contribution in [2.24, 2.45) is 23.5 Å². The zero-order valence-electron chi connectivity index (χ0n) is 12.4. The van der Waals surface area contributed by atoms with Gasteiger partial charge in [-0.25, -0.2) is 0 Å². The van der Waals surface area contributed by atoms with E-state index in [0.717, 1.165) is 44.9 Å². The molecule has 0 aromatic carbocycles. The summed E-state index contributed by atoms with van der Waals surface area (Å²) in [6.07, 6.45) is 7.99. The highest BCUT2D eigenvalue weighted by molar-refractivity contribution is 6.06. The second kappa shape index (κ2) is 5.14. The predicted octanol–water partition coefficient (Wildman–Crippen LogP) is 2.07. The van der Waals surface area contributed by atoms with Crippen LogP contribution in [0, 0.1) is 17.8 Å². The van der Waals surface area contributed by atoms with Crippen molar-refractivity contribution >= 4 is 11.8 Å². The van der Waals surface area contributed by atoms with Crippen LogP contribution >= 0.6 is 0 Å². The summed E-state index contributed by atoms with van der Waals surface area (Å²) in [4.78, 5) is 27.2. The Morgan fingerprint density at radius 1 is 1.10 bits per heavy atom. The number of amides is 2. The Balaban J connectivity index is 1.91. The van der Waals surface area contributed by atoms with E-state index in [4.69, 9.17) is 5.73 Å². The number of hydrogen-bond acceptors (Lipinski definition) is 3. The number of carbonyl (C=O) groups excluding carboxylic acids is 2. The first-order valence-electron chi connectivity index (χ1n) is 8.17. The van der Waals surface area contributed by atoms with Gasteiger partial charge in [-0.1, -0.05) is 32.6 Å². The third-order valence-corrected chi connectivity index (χ3v) is 5.76. The van der Waals surface area contributed by atoms with Crippen LogP contribution in [-0.2, 0) is 9.59 Å². The highest BCUT2D eigenvalue weighted by Gasteiger charge is 2.55. The zero-order valence-corrected chi connectivity index (χ0v) is 12.4. The van der Waals surface area contributed by atoms with Gasteiger partial charge in [0.1, 0.15) is 0 Å². The third-order valence-electron chi connectivity index (χ3n) is 5.76. The van der Waals surface area contributed by atoms with Gasteiger partial charge < -0.3 is 5.73 Å². The van der Waals surface area contributed by atoms with Crippen LogP contribution in [0.1, 0.15) is 58.3 Å². The normalized spacial score (nSPS) is 41.9. The molecule has 0 radical (unpaired) electrons. The summed E-state index contributed by atoms with van der Waals surface area (Å²) in [5.74, 6) is 0.628. The molecule has 1 aliphatic heterocycles. The average Bonchev–Trinajstić information content (AvgIpc) is 2.72. The zero-order chi connectivity index (χ0) is 14.3. The van der Waals surface area contributed by atoms with E-state index in [1.165, 1.54) is 6.42 Å². The van der Waals surface area contributed by atoms with Crippen molar-refractivity contribution in [2.45, 2.75) is 63.8 Å². The van der Waals surface area contributed by atoms with Crippen LogP contribution in [0.5, 0.6) is 0 Å². The number of carbonyl (C=O) groups is 2. The van der Waals surface area contributed by atoms with Crippen molar-refractivity contribution in [2.75, 3.05) is 6.54 Å². The summed E-state index contributed by atoms with van der Waals surface area (Å²) >= 11 is 0. The number of nitrogens with zero attached hydrogens (tertiary/aromatic N) is 1. The highest BCUT2D eigenvalue weighted by Crippen LogP contribution is 2.45. The van der Waals surface area contributed by atoms with Gasteiger partial charge in [-0.3, -0.25) is 14.5 Å². The van der Waals surface area contributed by atoms with E-state index >= 15 is 0 Å². The Morgan fingerprint density at radius 3 is 2.20 bits per heavy atom. The summed E-state index contributed by atoms with van der Waals surface area (Å²) in [6.45, 7) is 2.63. The molecule has 3 rings (SSSR count). The van der Waals surface area contributed by atoms with Crippen molar-refractivity contribution in [3.63, 3.8) is 0 Å². The molecule has 0 aromatic rings. The first-order valence-corrected chi connectivity index (χ1v) is 8.17. The van der Waals surface area contributed by atoms with Gasteiger partial charge in [-0.2, -0.15) is 0 Å². The molecule has 20 heavy (non-hydrogen) atoms. The summed E-state index contributed by atoms with van der Waals surface area (Å²) < 4.78 is 0. The Morgan fingerprint density at radius 2 is 1.70 bits per heavy atom. The molecular weight excluding hydrogens is 252 g/mol. The van der Waals surface area contributed by atoms with E-state index < -0.39 is 0 Å². The standard InChI is InChI=1S/C16H26N2O2/c1-11-5-4-8-16(9-11,10-17)18-14(19)12-6-2-3-7-13(12)15(18)20/h11-13H,2-10,17H2,1H3. The molecule has 0 aromatic heterocycles. The van der Waals surface area contributed by atoms with Crippen LogP contribution in [0.25, 0.3) is 0 Å². The van der Waals surface area contributed by atoms with Gasteiger partial charge >= 0.3 is 0 Å². The molecule has 112 valence electrons. The Bertz CT molecular complexity index is 399. The summed E-state index contributed by atoms with van der Waals surface area (Å²) in [6, 6.07) is 0. The maximum absolute atomic E-state index is 12.8. The van der Waals surface area contributed by atoms with Crippen molar-refractivity contribution in [1.82, 2.24) is 4.90 Å². The van der Waals surface area contributed by atoms with Crippen LogP contribution in [0.4, 0.5) is 0 Å². The molecule has 2 N–H and O–H groups in total. The lowest BCUT2D eigenvalue weighted by atomic mass is 9.75. The van der Waals surface area contributed by atoms with Crippen molar-refractivity contribution in [3.8, 4) is 0 Å². The lowest BCUT2D eigenvalue weighted by Crippen LogP contribution is -2.58. The highest BCUT2D eigenvalue weighted by atomic mass is 16.2. The molecule has 4 heteroatoms. The molecule has 0 spiro atoms. The number of rotatable bonds is 2. The SMILES string of the molecule is CC1CCCC(CN)(N2C(=O)C3CCCCC3C2=O)C1. The Labute approximate surface area is 121 Å². The van der Waals surface area contributed by atoms with Crippen LogP contribution < -0.4 is 5.73 Å². The minimum absolute atomic E-state index is 0.0445. The van der Waals surface area contributed by atoms with Crippen molar-refractivity contribution in [1.29, 1.82) is 0 Å². The fourth-order valence-electron chi connectivity index (χ4n) is 4.74. The number of imide groups is 1. The van der Waals surface area contributed by atoms with Gasteiger partial charge in [0, 0.05) is 6.54 Å². The van der Waals surface area contributed by atoms with Gasteiger partial charge in [0.15, 0.2) is 0 Å². The summed E-state index contributed by atoms with van der Waals surface area (Å²) in [5.41, 5.74) is 5.66. The largest absolute Gasteiger partial charge is 0.328 e. The molecule has 4 unspecified atom stereocenters. The fourth-order valence-corrected chi connectivity index (χ4v) is 4.74. The lowest BCUT2D eigenvalue weighted by molar-refractivity contribution is -0.149. The van der Waals surface area contributed by atoms with Crippen LogP contribution in [0.2, 0.25) is 0 Å². The van der Waals surface area contributed by atoms with Crippen LogP contribution in [-0.4, -0.2) is 28.8 Å². The van der Waals surface area contributed by atoms with Gasteiger partial charge in [0.05, 0.1) is 17.4 Å². The average molecular weight is 278 g/mol. The molecule has 3 aliphatic rings. The van der Waals surface area contributed by atoms with Gasteiger partial charge in [-0.15, -0.1) is 0 Å². The maximum Gasteiger partial charge on any atom is 0.233 e. The van der Waals surface area contributed by atoms with E-state index in [0.29, 0.717) is 12.5 Å². The number of nitrogens with two attached hydrogens (primary N) is 1. The minimum Gasteiger partial charge on any atom is -0.328 e. The van der Waals surface area contributed by atoms with Crippen LogP contribution in [0.15, 0.2) is 0 Å². The molecule has 1 heterocycles. The van der Waals surface area contributed by atoms with E-state index in [1.54, 1.807) is 4.90 Å². The predicted molar refractivity (Wildman–Crippen MR) is 76.7 cm³/mol. The molecule has 4 atom stereocenters. The van der Waals surface area contributed by atoms with Crippen molar-refractivity contribution < 1.29 is 9.59 Å². The Hall–Kier alpha value is -0.900. The van der Waals surface area contributed by atoms with E-state index in [1.807, 2.05) is 0 Å². The smallest absolute Gasteiger partial charge is 0.233 e. The fraction of sp³-hybridized carbons (Fsp3) is 0.875. The first-order chi connectivity index (χ1) is 9.59. The third kappa shape index (κ3) is 2.00. The van der Waals surface area contributed by atoms with Gasteiger partial charge in [-0.05, 0) is 31.6 Å². The molecule has 3 fully saturated rings. The number of likely N-dealkylation sites (tertiary alicyclic amines) is 1. The maximum atomic E-state index is 12.8. The topological polar surface area (TPSA) is 63.4 Å². The summed E-state index contributed by atoms with van der Waals surface area (Å²) in [5, 5.41) is 0. The molecule has 2 aliphatic carbocycles. The molecule has 0 bridgehead atoms. The Kier molecular flexibility index (Phi) is 3.61. The quantitative estimate of drug-likeness (QED) is 0.786. The first kappa shape index (κ1) is 14.1.